The van der Waals surface area contributed by atoms with Crippen LogP contribution in [0.25, 0.3) is 0 Å². The normalized spacial score (nSPS) is 13.1. The van der Waals surface area contributed by atoms with E-state index in [4.69, 9.17) is 0 Å². The first-order valence-corrected chi connectivity index (χ1v) is 5.02. The van der Waals surface area contributed by atoms with Gasteiger partial charge in [0.15, 0.2) is 0 Å². The first-order chi connectivity index (χ1) is 5.56. The van der Waals surface area contributed by atoms with Crippen molar-refractivity contribution in [3.8, 4) is 0 Å². The number of rotatable bonds is 5. The molecule has 0 unspecified atom stereocenters. The highest BCUT2D eigenvalue weighted by Gasteiger charge is 2.05. The topological polar surface area (TPSA) is 29.1 Å². The summed E-state index contributed by atoms with van der Waals surface area (Å²) in [5.74, 6) is 0.572. The fraction of sp³-hybridized carbons (Fsp3) is 0.889. The molecule has 0 aromatic heterocycles. The van der Waals surface area contributed by atoms with Crippen molar-refractivity contribution in [3.63, 3.8) is 0 Å². The van der Waals surface area contributed by atoms with Crippen molar-refractivity contribution < 1.29 is 4.79 Å². The summed E-state index contributed by atoms with van der Waals surface area (Å²) < 4.78 is 0. The molecule has 2 nitrogen and oxygen atoms in total. The van der Waals surface area contributed by atoms with Gasteiger partial charge in [-0.3, -0.25) is 4.79 Å². The van der Waals surface area contributed by atoms with Crippen LogP contribution in [0, 0.1) is 5.92 Å². The second-order valence-corrected chi connectivity index (χ2v) is 4.19. The fourth-order valence-corrected chi connectivity index (χ4v) is 0.910. The summed E-state index contributed by atoms with van der Waals surface area (Å²) in [5, 5.41) is 3.14. The molecule has 1 N–H and O–H groups in total. The smallest absolute Gasteiger partial charge is 0.220 e. The van der Waals surface area contributed by atoms with Crippen LogP contribution in [0.3, 0.4) is 0 Å². The van der Waals surface area contributed by atoms with Crippen LogP contribution in [-0.4, -0.2) is 17.7 Å². The van der Waals surface area contributed by atoms with Crippen molar-refractivity contribution in [2.45, 2.75) is 38.9 Å². The summed E-state index contributed by atoms with van der Waals surface area (Å²) in [5.41, 5.74) is 0. The predicted octanol–water partition coefficient (Wildman–Crippen LogP) is 1.86. The molecule has 1 atom stereocenters. The van der Waals surface area contributed by atoms with Crippen molar-refractivity contribution >= 4 is 18.5 Å². The lowest BCUT2D eigenvalue weighted by atomic mass is 10.1. The summed E-state index contributed by atoms with van der Waals surface area (Å²) in [7, 11) is 0. The van der Waals surface area contributed by atoms with E-state index in [9.17, 15) is 4.79 Å². The fourth-order valence-electron chi connectivity index (χ4n) is 0.819. The quantitative estimate of drug-likeness (QED) is 0.635. The van der Waals surface area contributed by atoms with E-state index in [-0.39, 0.29) is 5.91 Å². The molecule has 0 spiro atoms. The second-order valence-electron chi connectivity index (χ2n) is 3.46. The zero-order valence-corrected chi connectivity index (χ0v) is 9.03. The monoisotopic (exact) mass is 189 g/mol. The SMILES string of the molecule is CC[C@H](S)CNC(=O)CC(C)C. The number of carbonyl (C=O) groups excluding carboxylic acids is 1. The van der Waals surface area contributed by atoms with Gasteiger partial charge in [0.25, 0.3) is 0 Å². The lowest BCUT2D eigenvalue weighted by Crippen LogP contribution is -2.30. The number of carbonyl (C=O) groups is 1. The van der Waals surface area contributed by atoms with Gasteiger partial charge in [-0.05, 0) is 12.3 Å². The molecule has 0 aliphatic carbocycles. The maximum absolute atomic E-state index is 11.1. The average molecular weight is 189 g/mol. The van der Waals surface area contributed by atoms with Crippen molar-refractivity contribution in [1.82, 2.24) is 5.32 Å². The minimum atomic E-state index is 0.137. The molecule has 0 aromatic rings. The summed E-state index contributed by atoms with van der Waals surface area (Å²) in [6, 6.07) is 0. The van der Waals surface area contributed by atoms with Crippen molar-refractivity contribution in [2.75, 3.05) is 6.54 Å². The van der Waals surface area contributed by atoms with E-state index in [1.54, 1.807) is 0 Å². The predicted molar refractivity (Wildman–Crippen MR) is 55.5 cm³/mol. The number of hydrogen-bond acceptors (Lipinski definition) is 2. The molecule has 0 aromatic carbocycles. The molecule has 0 saturated carbocycles. The highest BCUT2D eigenvalue weighted by atomic mass is 32.1. The van der Waals surface area contributed by atoms with Gasteiger partial charge in [-0.1, -0.05) is 20.8 Å². The van der Waals surface area contributed by atoms with Crippen LogP contribution in [0.4, 0.5) is 0 Å². The van der Waals surface area contributed by atoms with Gasteiger partial charge in [0, 0.05) is 18.2 Å². The molecule has 0 radical (unpaired) electrons. The largest absolute Gasteiger partial charge is 0.355 e. The summed E-state index contributed by atoms with van der Waals surface area (Å²) in [6.07, 6.45) is 1.61. The van der Waals surface area contributed by atoms with Gasteiger partial charge < -0.3 is 5.32 Å². The van der Waals surface area contributed by atoms with E-state index in [1.807, 2.05) is 13.8 Å². The van der Waals surface area contributed by atoms with E-state index in [2.05, 4.69) is 24.9 Å². The van der Waals surface area contributed by atoms with Crippen LogP contribution in [0.5, 0.6) is 0 Å². The molecule has 0 aliphatic rings. The Morgan fingerprint density at radius 2 is 2.08 bits per heavy atom. The van der Waals surface area contributed by atoms with Gasteiger partial charge >= 0.3 is 0 Å². The van der Waals surface area contributed by atoms with E-state index >= 15 is 0 Å². The molecule has 0 rings (SSSR count). The number of amides is 1. The van der Waals surface area contributed by atoms with E-state index in [0.29, 0.717) is 24.1 Å². The van der Waals surface area contributed by atoms with Crippen LogP contribution in [0.2, 0.25) is 0 Å². The molecule has 0 saturated heterocycles. The molecule has 72 valence electrons. The third kappa shape index (κ3) is 6.53. The summed E-state index contributed by atoms with van der Waals surface area (Å²) in [6.45, 7) is 6.83. The van der Waals surface area contributed by atoms with Crippen molar-refractivity contribution in [2.24, 2.45) is 5.92 Å². The number of thiol groups is 1. The van der Waals surface area contributed by atoms with Gasteiger partial charge in [-0.15, -0.1) is 0 Å². The van der Waals surface area contributed by atoms with Crippen LogP contribution < -0.4 is 5.32 Å². The number of nitrogens with one attached hydrogen (secondary N) is 1. The number of hydrogen-bond donors (Lipinski definition) is 2. The van der Waals surface area contributed by atoms with E-state index in [1.165, 1.54) is 0 Å². The highest BCUT2D eigenvalue weighted by molar-refractivity contribution is 7.81. The minimum absolute atomic E-state index is 0.137. The molecule has 0 bridgehead atoms. The molecular formula is C9H19NOS. The Morgan fingerprint density at radius 1 is 1.50 bits per heavy atom. The third-order valence-corrected chi connectivity index (χ3v) is 2.15. The molecular weight excluding hydrogens is 170 g/mol. The maximum atomic E-state index is 11.1. The molecule has 0 fully saturated rings. The van der Waals surface area contributed by atoms with Crippen LogP contribution in [0.15, 0.2) is 0 Å². The maximum Gasteiger partial charge on any atom is 0.220 e. The Kier molecular flexibility index (Phi) is 6.25. The van der Waals surface area contributed by atoms with Gasteiger partial charge in [0.05, 0.1) is 0 Å². The molecule has 1 amide bonds. The third-order valence-electron chi connectivity index (χ3n) is 1.60. The van der Waals surface area contributed by atoms with E-state index < -0.39 is 0 Å². The van der Waals surface area contributed by atoms with Crippen LogP contribution >= 0.6 is 12.6 Å². The first kappa shape index (κ1) is 11.8. The van der Waals surface area contributed by atoms with Gasteiger partial charge in [0.2, 0.25) is 5.91 Å². The standard InChI is InChI=1S/C9H19NOS/c1-4-8(12)6-10-9(11)5-7(2)3/h7-8,12H,4-6H2,1-3H3,(H,10,11)/t8-/m0/s1. The minimum Gasteiger partial charge on any atom is -0.355 e. The Labute approximate surface area is 80.5 Å². The summed E-state index contributed by atoms with van der Waals surface area (Å²) >= 11 is 4.28. The lowest BCUT2D eigenvalue weighted by molar-refractivity contribution is -0.121. The Morgan fingerprint density at radius 3 is 2.50 bits per heavy atom. The van der Waals surface area contributed by atoms with Crippen molar-refractivity contribution in [1.29, 1.82) is 0 Å². The van der Waals surface area contributed by atoms with E-state index in [0.717, 1.165) is 6.42 Å². The average Bonchev–Trinajstić information content (AvgIpc) is 1.99. The summed E-state index contributed by atoms with van der Waals surface area (Å²) in [4.78, 5) is 11.1. The zero-order valence-electron chi connectivity index (χ0n) is 8.13. The Bertz CT molecular complexity index is 136. The molecule has 3 heteroatoms. The van der Waals surface area contributed by atoms with Gasteiger partial charge in [-0.2, -0.15) is 12.6 Å². The first-order valence-electron chi connectivity index (χ1n) is 4.51. The molecule has 0 heterocycles. The second kappa shape index (κ2) is 6.35. The molecule has 0 aliphatic heterocycles. The van der Waals surface area contributed by atoms with Gasteiger partial charge in [0.1, 0.15) is 0 Å². The van der Waals surface area contributed by atoms with Crippen molar-refractivity contribution in [3.05, 3.63) is 0 Å². The van der Waals surface area contributed by atoms with Crippen LogP contribution in [-0.2, 0) is 4.79 Å². The zero-order chi connectivity index (χ0) is 9.56. The van der Waals surface area contributed by atoms with Gasteiger partial charge in [-0.25, -0.2) is 0 Å². The Hall–Kier alpha value is -0.180. The molecule has 12 heavy (non-hydrogen) atoms. The lowest BCUT2D eigenvalue weighted by Gasteiger charge is -2.10. The van der Waals surface area contributed by atoms with Crippen LogP contribution in [0.1, 0.15) is 33.6 Å². The highest BCUT2D eigenvalue weighted by Crippen LogP contribution is 2.00. The Balaban J connectivity index is 3.44.